The van der Waals surface area contributed by atoms with Crippen LogP contribution in [-0.4, -0.2) is 44.8 Å². The fourth-order valence-electron chi connectivity index (χ4n) is 4.19. The molecule has 0 bridgehead atoms. The fraction of sp³-hybridized carbons (Fsp3) is 0.348. The molecule has 7 nitrogen and oxygen atoms in total. The quantitative estimate of drug-likeness (QED) is 0.662. The summed E-state index contributed by atoms with van der Waals surface area (Å²) in [5.74, 6) is 0.301. The number of benzene rings is 1. The summed E-state index contributed by atoms with van der Waals surface area (Å²) in [7, 11) is 0. The number of ether oxygens (including phenoxy) is 1. The van der Waals surface area contributed by atoms with E-state index in [9.17, 15) is 13.6 Å². The van der Waals surface area contributed by atoms with Crippen molar-refractivity contribution >= 4 is 5.91 Å². The standard InChI is InChI=1S/C23H23F2N5O2/c24-22(25)15-4-5-21-16(9-15)10-18(14-32-21)27-23(31)20-11-19-13-29(7-8-30(19)28-20)12-17-3-1-2-6-26-17/h1-6,9,11,18,22H,7-8,10,12-14H2,(H,27,31)/t18-/m1/s1. The van der Waals surface area contributed by atoms with Gasteiger partial charge in [-0.1, -0.05) is 6.07 Å². The lowest BCUT2D eigenvalue weighted by Crippen LogP contribution is -2.43. The van der Waals surface area contributed by atoms with Gasteiger partial charge in [0.15, 0.2) is 5.69 Å². The van der Waals surface area contributed by atoms with Gasteiger partial charge < -0.3 is 10.1 Å². The zero-order valence-corrected chi connectivity index (χ0v) is 17.4. The molecule has 0 saturated heterocycles. The van der Waals surface area contributed by atoms with E-state index in [-0.39, 0.29) is 24.1 Å². The molecule has 166 valence electrons. The minimum Gasteiger partial charge on any atom is -0.491 e. The van der Waals surface area contributed by atoms with Gasteiger partial charge in [0.2, 0.25) is 0 Å². The maximum Gasteiger partial charge on any atom is 0.272 e. The Hall–Kier alpha value is -3.33. The summed E-state index contributed by atoms with van der Waals surface area (Å²) < 4.78 is 33.5. The van der Waals surface area contributed by atoms with Crippen LogP contribution in [0.15, 0.2) is 48.7 Å². The number of fused-ring (bicyclic) bond motifs is 2. The molecule has 1 N–H and O–H groups in total. The van der Waals surface area contributed by atoms with Gasteiger partial charge in [-0.2, -0.15) is 5.10 Å². The molecule has 1 aromatic carbocycles. The molecule has 2 aliphatic heterocycles. The van der Waals surface area contributed by atoms with E-state index in [0.29, 0.717) is 36.5 Å². The molecular formula is C23H23F2N5O2. The number of carbonyl (C=O) groups excluding carboxylic acids is 1. The average molecular weight is 439 g/mol. The number of carbonyl (C=O) groups is 1. The first-order valence-electron chi connectivity index (χ1n) is 10.6. The Balaban J connectivity index is 1.22. The summed E-state index contributed by atoms with van der Waals surface area (Å²) in [5.41, 5.74) is 2.96. The highest BCUT2D eigenvalue weighted by atomic mass is 19.3. The van der Waals surface area contributed by atoms with Crippen LogP contribution in [0.4, 0.5) is 8.78 Å². The van der Waals surface area contributed by atoms with E-state index in [0.717, 1.165) is 24.5 Å². The van der Waals surface area contributed by atoms with Crippen LogP contribution in [0.2, 0.25) is 0 Å². The molecule has 0 spiro atoms. The fourth-order valence-corrected chi connectivity index (χ4v) is 4.19. The molecule has 0 saturated carbocycles. The summed E-state index contributed by atoms with van der Waals surface area (Å²) in [5, 5.41) is 7.40. The summed E-state index contributed by atoms with van der Waals surface area (Å²) in [4.78, 5) is 19.5. The van der Waals surface area contributed by atoms with Crippen molar-refractivity contribution in [2.75, 3.05) is 13.2 Å². The Labute approximate surface area is 184 Å². The number of pyridine rings is 1. The Kier molecular flexibility index (Phi) is 5.57. The second-order valence-corrected chi connectivity index (χ2v) is 8.13. The maximum atomic E-state index is 13.0. The Morgan fingerprint density at radius 2 is 2.12 bits per heavy atom. The second-order valence-electron chi connectivity index (χ2n) is 8.13. The highest BCUT2D eigenvalue weighted by molar-refractivity contribution is 5.92. The molecule has 0 fully saturated rings. The van der Waals surface area contributed by atoms with E-state index < -0.39 is 6.43 Å². The zero-order valence-electron chi connectivity index (χ0n) is 17.4. The van der Waals surface area contributed by atoms with Crippen LogP contribution < -0.4 is 10.1 Å². The molecule has 4 heterocycles. The molecule has 2 aliphatic rings. The third kappa shape index (κ3) is 4.34. The average Bonchev–Trinajstić information content (AvgIpc) is 3.23. The summed E-state index contributed by atoms with van der Waals surface area (Å²) in [6, 6.07) is 11.8. The number of alkyl halides is 2. The number of aromatic nitrogens is 3. The lowest BCUT2D eigenvalue weighted by Gasteiger charge is -2.27. The van der Waals surface area contributed by atoms with Crippen molar-refractivity contribution in [1.82, 2.24) is 25.0 Å². The van der Waals surface area contributed by atoms with Gasteiger partial charge in [-0.15, -0.1) is 0 Å². The summed E-state index contributed by atoms with van der Waals surface area (Å²) >= 11 is 0. The zero-order chi connectivity index (χ0) is 22.1. The van der Waals surface area contributed by atoms with Crippen molar-refractivity contribution < 1.29 is 18.3 Å². The molecule has 0 unspecified atom stereocenters. The van der Waals surface area contributed by atoms with E-state index in [1.54, 1.807) is 12.3 Å². The van der Waals surface area contributed by atoms with Crippen LogP contribution in [0.1, 0.15) is 39.4 Å². The van der Waals surface area contributed by atoms with Crippen LogP contribution in [0.5, 0.6) is 5.75 Å². The number of nitrogens with one attached hydrogen (secondary N) is 1. The van der Waals surface area contributed by atoms with Gasteiger partial charge in [0.25, 0.3) is 12.3 Å². The molecule has 9 heteroatoms. The molecule has 1 atom stereocenters. The first-order valence-corrected chi connectivity index (χ1v) is 10.6. The van der Waals surface area contributed by atoms with Crippen LogP contribution in [-0.2, 0) is 26.1 Å². The van der Waals surface area contributed by atoms with Gasteiger partial charge in [-0.25, -0.2) is 8.78 Å². The monoisotopic (exact) mass is 439 g/mol. The van der Waals surface area contributed by atoms with Crippen molar-refractivity contribution in [3.8, 4) is 5.75 Å². The van der Waals surface area contributed by atoms with E-state index in [1.807, 2.05) is 28.9 Å². The molecule has 2 aromatic heterocycles. The molecule has 5 rings (SSSR count). The number of amides is 1. The number of hydrogen-bond donors (Lipinski definition) is 1. The Morgan fingerprint density at radius 3 is 2.94 bits per heavy atom. The minimum absolute atomic E-state index is 0.0450. The van der Waals surface area contributed by atoms with E-state index in [4.69, 9.17) is 4.74 Å². The largest absolute Gasteiger partial charge is 0.491 e. The lowest BCUT2D eigenvalue weighted by atomic mass is 10.00. The highest BCUT2D eigenvalue weighted by Crippen LogP contribution is 2.29. The van der Waals surface area contributed by atoms with Crippen molar-refractivity contribution in [2.45, 2.75) is 38.5 Å². The van der Waals surface area contributed by atoms with E-state index >= 15 is 0 Å². The molecule has 0 aliphatic carbocycles. The first-order chi connectivity index (χ1) is 15.5. The molecule has 3 aromatic rings. The topological polar surface area (TPSA) is 72.3 Å². The Morgan fingerprint density at radius 1 is 1.22 bits per heavy atom. The third-order valence-corrected chi connectivity index (χ3v) is 5.80. The maximum absolute atomic E-state index is 13.0. The van der Waals surface area contributed by atoms with Crippen molar-refractivity contribution in [1.29, 1.82) is 0 Å². The molecular weight excluding hydrogens is 416 g/mol. The van der Waals surface area contributed by atoms with Gasteiger partial charge in [-0.3, -0.25) is 19.4 Å². The van der Waals surface area contributed by atoms with Crippen LogP contribution in [0.25, 0.3) is 0 Å². The number of hydrogen-bond acceptors (Lipinski definition) is 5. The second kappa shape index (κ2) is 8.66. The molecule has 0 radical (unpaired) electrons. The predicted molar refractivity (Wildman–Crippen MR) is 112 cm³/mol. The number of rotatable bonds is 5. The van der Waals surface area contributed by atoms with E-state index in [2.05, 4.69) is 20.3 Å². The molecule has 32 heavy (non-hydrogen) atoms. The van der Waals surface area contributed by atoms with Crippen molar-refractivity contribution in [3.63, 3.8) is 0 Å². The SMILES string of the molecule is O=C(N[C@H]1COc2ccc(C(F)F)cc2C1)c1cc2n(n1)CCN(Cc1ccccn1)C2. The third-order valence-electron chi connectivity index (χ3n) is 5.80. The van der Waals surface area contributed by atoms with Crippen molar-refractivity contribution in [2.24, 2.45) is 0 Å². The van der Waals surface area contributed by atoms with E-state index in [1.165, 1.54) is 12.1 Å². The minimum atomic E-state index is -2.54. The van der Waals surface area contributed by atoms with Gasteiger partial charge in [-0.05, 0) is 48.4 Å². The van der Waals surface area contributed by atoms with Gasteiger partial charge in [0, 0.05) is 31.4 Å². The first kappa shape index (κ1) is 20.6. The Bertz CT molecular complexity index is 1120. The van der Waals surface area contributed by atoms with Crippen LogP contribution in [0.3, 0.4) is 0 Å². The normalized spacial score (nSPS) is 18.0. The predicted octanol–water partition coefficient (Wildman–Crippen LogP) is 2.97. The molecule has 1 amide bonds. The van der Waals surface area contributed by atoms with Crippen LogP contribution in [0, 0.1) is 0 Å². The highest BCUT2D eigenvalue weighted by Gasteiger charge is 2.26. The number of halogens is 2. The summed E-state index contributed by atoms with van der Waals surface area (Å²) in [6.45, 7) is 3.25. The summed E-state index contributed by atoms with van der Waals surface area (Å²) in [6.07, 6.45) is -0.315. The van der Waals surface area contributed by atoms with Crippen LogP contribution >= 0.6 is 0 Å². The van der Waals surface area contributed by atoms with Gasteiger partial charge >= 0.3 is 0 Å². The number of nitrogens with zero attached hydrogens (tertiary/aromatic N) is 4. The van der Waals surface area contributed by atoms with Gasteiger partial charge in [0.05, 0.1) is 24.0 Å². The lowest BCUT2D eigenvalue weighted by molar-refractivity contribution is 0.0908. The van der Waals surface area contributed by atoms with Gasteiger partial charge in [0.1, 0.15) is 12.4 Å². The van der Waals surface area contributed by atoms with Crippen molar-refractivity contribution in [3.05, 3.63) is 76.9 Å². The smallest absolute Gasteiger partial charge is 0.272 e.